The molecule has 0 spiro atoms. The van der Waals surface area contributed by atoms with Gasteiger partial charge in [-0.2, -0.15) is 0 Å². The molecule has 0 amide bonds. The van der Waals surface area contributed by atoms with Gasteiger partial charge in [0, 0.05) is 19.0 Å². The van der Waals surface area contributed by atoms with E-state index in [4.69, 9.17) is 0 Å². The number of hydrogen-bond donors (Lipinski definition) is 1. The number of fused-ring (bicyclic) bond motifs is 2. The van der Waals surface area contributed by atoms with Crippen molar-refractivity contribution in [3.05, 3.63) is 30.1 Å². The average molecular weight is 217 g/mol. The number of pyridine rings is 1. The summed E-state index contributed by atoms with van der Waals surface area (Å²) in [5.74, 6) is 3.08. The molecule has 16 heavy (non-hydrogen) atoms. The van der Waals surface area contributed by atoms with Crippen LogP contribution in [0.3, 0.4) is 0 Å². The molecular weight excluding hydrogens is 198 g/mol. The minimum absolute atomic E-state index is 0.338. The van der Waals surface area contributed by atoms with Crippen LogP contribution in [-0.2, 0) is 0 Å². The molecule has 2 nitrogen and oxygen atoms in total. The van der Waals surface area contributed by atoms with E-state index in [2.05, 4.69) is 11.1 Å². The van der Waals surface area contributed by atoms with Crippen molar-refractivity contribution in [2.45, 2.75) is 31.6 Å². The standard InChI is InChI=1S/C14H19NO/c16-7-5-13-10-3-4-11(8-10)14(13)12-2-1-6-15-9-12/h1-2,6,9-11,13-14,16H,3-5,7-8H2/t10-,11+,13+,14+/m1/s1. The van der Waals surface area contributed by atoms with Crippen molar-refractivity contribution in [2.24, 2.45) is 17.8 Å². The van der Waals surface area contributed by atoms with Gasteiger partial charge in [0.25, 0.3) is 0 Å². The first kappa shape index (κ1) is 10.3. The van der Waals surface area contributed by atoms with Crippen LogP contribution in [0.15, 0.2) is 24.5 Å². The third kappa shape index (κ3) is 1.56. The summed E-state index contributed by atoms with van der Waals surface area (Å²) in [5, 5.41) is 9.20. The van der Waals surface area contributed by atoms with Gasteiger partial charge in [-0.15, -0.1) is 0 Å². The summed E-state index contributed by atoms with van der Waals surface area (Å²) in [7, 11) is 0. The molecule has 2 saturated carbocycles. The van der Waals surface area contributed by atoms with E-state index in [0.29, 0.717) is 18.4 Å². The Bertz CT molecular complexity index is 351. The van der Waals surface area contributed by atoms with Crippen LogP contribution in [0.25, 0.3) is 0 Å². The largest absolute Gasteiger partial charge is 0.396 e. The molecule has 3 rings (SSSR count). The van der Waals surface area contributed by atoms with Crippen LogP contribution >= 0.6 is 0 Å². The van der Waals surface area contributed by atoms with E-state index in [1.165, 1.54) is 24.8 Å². The Morgan fingerprint density at radius 3 is 2.94 bits per heavy atom. The van der Waals surface area contributed by atoms with Crippen LogP contribution < -0.4 is 0 Å². The van der Waals surface area contributed by atoms with Crippen LogP contribution in [0.5, 0.6) is 0 Å². The molecule has 1 aromatic rings. The third-order valence-electron chi connectivity index (χ3n) is 4.62. The van der Waals surface area contributed by atoms with Gasteiger partial charge >= 0.3 is 0 Å². The zero-order valence-corrected chi connectivity index (χ0v) is 9.55. The number of aliphatic hydroxyl groups is 1. The summed E-state index contributed by atoms with van der Waals surface area (Å²) in [5.41, 5.74) is 1.40. The van der Waals surface area contributed by atoms with E-state index in [1.807, 2.05) is 18.5 Å². The van der Waals surface area contributed by atoms with Gasteiger partial charge in [0.05, 0.1) is 0 Å². The minimum Gasteiger partial charge on any atom is -0.396 e. The second kappa shape index (κ2) is 4.17. The van der Waals surface area contributed by atoms with E-state index < -0.39 is 0 Å². The molecule has 2 heteroatoms. The highest BCUT2D eigenvalue weighted by molar-refractivity contribution is 5.21. The number of rotatable bonds is 3. The van der Waals surface area contributed by atoms with Crippen LogP contribution in [0.1, 0.15) is 37.2 Å². The maximum atomic E-state index is 9.20. The van der Waals surface area contributed by atoms with Crippen LogP contribution in [-0.4, -0.2) is 16.7 Å². The van der Waals surface area contributed by atoms with Gasteiger partial charge in [0.2, 0.25) is 0 Å². The highest BCUT2D eigenvalue weighted by atomic mass is 16.3. The highest BCUT2D eigenvalue weighted by Crippen LogP contribution is 2.57. The van der Waals surface area contributed by atoms with Crippen molar-refractivity contribution in [3.8, 4) is 0 Å². The summed E-state index contributed by atoms with van der Waals surface area (Å²) in [6.07, 6.45) is 8.98. The van der Waals surface area contributed by atoms with E-state index in [1.54, 1.807) is 0 Å². The summed E-state index contributed by atoms with van der Waals surface area (Å²) >= 11 is 0. The van der Waals surface area contributed by atoms with Crippen molar-refractivity contribution in [1.82, 2.24) is 4.98 Å². The van der Waals surface area contributed by atoms with Gasteiger partial charge in [-0.05, 0) is 61.0 Å². The van der Waals surface area contributed by atoms with E-state index in [9.17, 15) is 5.11 Å². The van der Waals surface area contributed by atoms with Crippen LogP contribution in [0, 0.1) is 17.8 Å². The lowest BCUT2D eigenvalue weighted by atomic mass is 9.74. The molecule has 1 aromatic heterocycles. The fourth-order valence-electron chi connectivity index (χ4n) is 4.07. The lowest BCUT2D eigenvalue weighted by Crippen LogP contribution is -2.21. The van der Waals surface area contributed by atoms with Crippen LogP contribution in [0.4, 0.5) is 0 Å². The second-order valence-corrected chi connectivity index (χ2v) is 5.32. The molecule has 1 heterocycles. The summed E-state index contributed by atoms with van der Waals surface area (Å²) in [4.78, 5) is 4.24. The maximum absolute atomic E-state index is 9.20. The molecule has 2 bridgehead atoms. The molecule has 2 aliphatic rings. The lowest BCUT2D eigenvalue weighted by Gasteiger charge is -2.30. The third-order valence-corrected chi connectivity index (χ3v) is 4.62. The monoisotopic (exact) mass is 217 g/mol. The summed E-state index contributed by atoms with van der Waals surface area (Å²) in [6, 6.07) is 4.25. The number of aromatic nitrogens is 1. The highest BCUT2D eigenvalue weighted by Gasteiger charge is 2.47. The Balaban J connectivity index is 1.88. The Labute approximate surface area is 96.7 Å². The van der Waals surface area contributed by atoms with Crippen molar-refractivity contribution < 1.29 is 5.11 Å². The quantitative estimate of drug-likeness (QED) is 0.844. The average Bonchev–Trinajstić information content (AvgIpc) is 2.91. The molecule has 0 aromatic carbocycles. The zero-order chi connectivity index (χ0) is 11.0. The fourth-order valence-corrected chi connectivity index (χ4v) is 4.07. The zero-order valence-electron chi connectivity index (χ0n) is 9.55. The van der Waals surface area contributed by atoms with Crippen molar-refractivity contribution in [1.29, 1.82) is 0 Å². The first-order valence-corrected chi connectivity index (χ1v) is 6.41. The first-order valence-electron chi connectivity index (χ1n) is 6.41. The van der Waals surface area contributed by atoms with Crippen molar-refractivity contribution in [3.63, 3.8) is 0 Å². The molecule has 2 fully saturated rings. The maximum Gasteiger partial charge on any atom is 0.0433 e. The normalized spacial score (nSPS) is 36.8. The molecular formula is C14H19NO. The Kier molecular flexibility index (Phi) is 2.68. The second-order valence-electron chi connectivity index (χ2n) is 5.32. The topological polar surface area (TPSA) is 33.1 Å². The van der Waals surface area contributed by atoms with E-state index >= 15 is 0 Å². The predicted octanol–water partition coefficient (Wildman–Crippen LogP) is 2.59. The molecule has 1 N–H and O–H groups in total. The Morgan fingerprint density at radius 2 is 2.19 bits per heavy atom. The summed E-state index contributed by atoms with van der Waals surface area (Å²) in [6.45, 7) is 0.338. The first-order chi connectivity index (χ1) is 7.90. The van der Waals surface area contributed by atoms with Gasteiger partial charge in [-0.25, -0.2) is 0 Å². The number of hydrogen-bond acceptors (Lipinski definition) is 2. The van der Waals surface area contributed by atoms with Crippen molar-refractivity contribution in [2.75, 3.05) is 6.61 Å². The lowest BCUT2D eigenvalue weighted by molar-refractivity contribution is 0.201. The van der Waals surface area contributed by atoms with Gasteiger partial charge in [-0.1, -0.05) is 6.07 Å². The molecule has 2 aliphatic carbocycles. The van der Waals surface area contributed by atoms with E-state index in [0.717, 1.165) is 18.3 Å². The molecule has 0 saturated heterocycles. The Morgan fingerprint density at radius 1 is 1.31 bits per heavy atom. The minimum atomic E-state index is 0.338. The number of nitrogens with zero attached hydrogens (tertiary/aromatic N) is 1. The van der Waals surface area contributed by atoms with Gasteiger partial charge in [-0.3, -0.25) is 4.98 Å². The number of aliphatic hydroxyl groups excluding tert-OH is 1. The van der Waals surface area contributed by atoms with Gasteiger partial charge < -0.3 is 5.11 Å². The van der Waals surface area contributed by atoms with Crippen LogP contribution in [0.2, 0.25) is 0 Å². The smallest absolute Gasteiger partial charge is 0.0433 e. The fraction of sp³-hybridized carbons (Fsp3) is 0.643. The van der Waals surface area contributed by atoms with Gasteiger partial charge in [0.15, 0.2) is 0 Å². The van der Waals surface area contributed by atoms with Crippen molar-refractivity contribution >= 4 is 0 Å². The van der Waals surface area contributed by atoms with E-state index in [-0.39, 0.29) is 0 Å². The molecule has 0 radical (unpaired) electrons. The SMILES string of the molecule is OCC[C@H]1[C@@H]2CC[C@@H](C2)[C@H]1c1cccnc1. The summed E-state index contributed by atoms with van der Waals surface area (Å²) < 4.78 is 0. The Hall–Kier alpha value is -0.890. The molecule has 4 atom stereocenters. The molecule has 0 aliphatic heterocycles. The molecule has 86 valence electrons. The molecule has 0 unspecified atom stereocenters. The van der Waals surface area contributed by atoms with Gasteiger partial charge in [0.1, 0.15) is 0 Å². The predicted molar refractivity (Wildman–Crippen MR) is 63.0 cm³/mol.